The Morgan fingerprint density at radius 1 is 1.29 bits per heavy atom. The van der Waals surface area contributed by atoms with Crippen molar-refractivity contribution < 1.29 is 40.3 Å². The lowest BCUT2D eigenvalue weighted by molar-refractivity contribution is -0.312. The summed E-state index contributed by atoms with van der Waals surface area (Å²) in [5.74, 6) is -2.17. The summed E-state index contributed by atoms with van der Waals surface area (Å²) in [6, 6.07) is 3.71. The molecule has 1 rings (SSSR count). The molecule has 0 radical (unpaired) electrons. The summed E-state index contributed by atoms with van der Waals surface area (Å²) in [7, 11) is 0. The van der Waals surface area contributed by atoms with Crippen LogP contribution in [0, 0.1) is 11.3 Å². The minimum atomic E-state index is -5.85. The van der Waals surface area contributed by atoms with Gasteiger partial charge in [-0.2, -0.15) is 31.6 Å². The molecule has 0 fully saturated rings. The van der Waals surface area contributed by atoms with E-state index in [2.05, 4.69) is 9.15 Å². The molecular weight excluding hydrogens is 308 g/mol. The number of ether oxygens (including phenoxy) is 1. The molecule has 21 heavy (non-hydrogen) atoms. The normalized spacial score (nSPS) is 13.1. The first-order chi connectivity index (χ1) is 9.55. The first-order valence-corrected chi connectivity index (χ1v) is 5.05. The number of halogens is 6. The van der Waals surface area contributed by atoms with Crippen molar-refractivity contribution in [2.24, 2.45) is 0 Å². The van der Waals surface area contributed by atoms with Crippen molar-refractivity contribution in [2.75, 3.05) is 0 Å². The number of furan rings is 1. The van der Waals surface area contributed by atoms with E-state index in [0.29, 0.717) is 6.08 Å². The molecule has 1 aromatic rings. The van der Waals surface area contributed by atoms with Crippen molar-refractivity contribution >= 4 is 12.0 Å². The van der Waals surface area contributed by atoms with Gasteiger partial charge in [0.2, 0.25) is 0 Å². The highest BCUT2D eigenvalue weighted by Crippen LogP contribution is 2.36. The lowest BCUT2D eigenvalue weighted by atomic mass is 10.2. The molecule has 114 valence electrons. The van der Waals surface area contributed by atoms with E-state index in [-0.39, 0.29) is 5.76 Å². The van der Waals surface area contributed by atoms with Crippen molar-refractivity contribution in [1.82, 2.24) is 0 Å². The number of nitrogens with zero attached hydrogens (tertiary/aromatic N) is 1. The number of hydrogen-bond donors (Lipinski definition) is 0. The predicted octanol–water partition coefficient (Wildman–Crippen LogP) is 3.22. The van der Waals surface area contributed by atoms with E-state index in [1.54, 1.807) is 0 Å². The Balaban J connectivity index is 2.99. The van der Waals surface area contributed by atoms with Gasteiger partial charge in [-0.3, -0.25) is 0 Å². The van der Waals surface area contributed by atoms with Gasteiger partial charge in [0.1, 0.15) is 17.4 Å². The average Bonchev–Trinajstić information content (AvgIpc) is 2.82. The topological polar surface area (TPSA) is 63.2 Å². The van der Waals surface area contributed by atoms with Crippen LogP contribution in [0.15, 0.2) is 28.4 Å². The van der Waals surface area contributed by atoms with Crippen LogP contribution in [0.25, 0.3) is 6.08 Å². The van der Waals surface area contributed by atoms with Gasteiger partial charge in [0, 0.05) is 6.08 Å². The molecule has 0 bridgehead atoms. The van der Waals surface area contributed by atoms with Crippen LogP contribution >= 0.6 is 0 Å². The summed E-state index contributed by atoms with van der Waals surface area (Å²) in [4.78, 5) is 11.2. The zero-order valence-electron chi connectivity index (χ0n) is 9.83. The highest BCUT2D eigenvalue weighted by Gasteiger charge is 2.60. The lowest BCUT2D eigenvalue weighted by Crippen LogP contribution is -2.45. The molecule has 0 saturated carbocycles. The Bertz CT molecular complexity index is 550. The zero-order valence-corrected chi connectivity index (χ0v) is 9.83. The predicted molar refractivity (Wildman–Crippen MR) is 54.3 cm³/mol. The van der Waals surface area contributed by atoms with E-state index >= 15 is 0 Å². The van der Waals surface area contributed by atoms with E-state index in [0.717, 1.165) is 12.3 Å². The molecule has 0 atom stereocenters. The molecule has 0 saturated heterocycles. The second-order valence-corrected chi connectivity index (χ2v) is 3.55. The summed E-state index contributed by atoms with van der Waals surface area (Å²) in [6.45, 7) is 0. The summed E-state index contributed by atoms with van der Waals surface area (Å²) in [5, 5.41) is 8.59. The minimum absolute atomic E-state index is 0.112. The monoisotopic (exact) mass is 313 g/mol. The summed E-state index contributed by atoms with van der Waals surface area (Å²) in [6.07, 6.45) is -14.2. The van der Waals surface area contributed by atoms with Crippen molar-refractivity contribution in [3.05, 3.63) is 29.7 Å². The van der Waals surface area contributed by atoms with Gasteiger partial charge in [-0.05, 0) is 12.1 Å². The number of rotatable bonds is 3. The van der Waals surface area contributed by atoms with Crippen LogP contribution in [0.2, 0.25) is 0 Å². The van der Waals surface area contributed by atoms with E-state index in [9.17, 15) is 31.1 Å². The molecular formula is C11H5F6NO3. The van der Waals surface area contributed by atoms with Gasteiger partial charge in [0.25, 0.3) is 6.10 Å². The molecule has 0 aliphatic carbocycles. The number of hydrogen-bond acceptors (Lipinski definition) is 4. The van der Waals surface area contributed by atoms with Crippen LogP contribution in [-0.2, 0) is 9.53 Å². The molecule has 10 heteroatoms. The number of nitriles is 1. The van der Waals surface area contributed by atoms with Crippen molar-refractivity contribution in [1.29, 1.82) is 5.26 Å². The Morgan fingerprint density at radius 3 is 2.24 bits per heavy atom. The maximum atomic E-state index is 12.2. The van der Waals surface area contributed by atoms with E-state index in [1.807, 2.05) is 0 Å². The highest BCUT2D eigenvalue weighted by molar-refractivity contribution is 5.97. The van der Waals surface area contributed by atoms with Crippen LogP contribution in [0.1, 0.15) is 5.76 Å². The molecule has 0 unspecified atom stereocenters. The fraction of sp³-hybridized carbons (Fsp3) is 0.273. The molecule has 1 heterocycles. The smallest absolute Gasteiger partial charge is 0.434 e. The molecule has 0 aliphatic heterocycles. The van der Waals surface area contributed by atoms with Gasteiger partial charge in [-0.1, -0.05) is 0 Å². The molecule has 0 spiro atoms. The third-order valence-corrected chi connectivity index (χ3v) is 1.99. The van der Waals surface area contributed by atoms with Crippen molar-refractivity contribution in [2.45, 2.75) is 18.5 Å². The molecule has 0 aliphatic rings. The Morgan fingerprint density at radius 2 is 1.86 bits per heavy atom. The van der Waals surface area contributed by atoms with Gasteiger partial charge in [-0.25, -0.2) is 4.79 Å². The number of carbonyl (C=O) groups is 1. The van der Waals surface area contributed by atoms with Crippen LogP contribution in [0.4, 0.5) is 26.3 Å². The SMILES string of the molecule is N#C/C(=C/c1ccco1)C(=O)OC(C(F)(F)F)C(F)(F)F. The first kappa shape index (κ1) is 16.6. The lowest BCUT2D eigenvalue weighted by Gasteiger charge is -2.22. The Kier molecular flexibility index (Phi) is 4.67. The second-order valence-electron chi connectivity index (χ2n) is 3.55. The third-order valence-electron chi connectivity index (χ3n) is 1.99. The van der Waals surface area contributed by atoms with Crippen LogP contribution < -0.4 is 0 Å². The third kappa shape index (κ3) is 4.55. The molecule has 1 aromatic heterocycles. The largest absolute Gasteiger partial charge is 0.465 e. The second kappa shape index (κ2) is 5.90. The van der Waals surface area contributed by atoms with Gasteiger partial charge in [-0.15, -0.1) is 0 Å². The van der Waals surface area contributed by atoms with E-state index < -0.39 is 30.0 Å². The number of esters is 1. The van der Waals surface area contributed by atoms with Gasteiger partial charge >= 0.3 is 18.3 Å². The van der Waals surface area contributed by atoms with Crippen LogP contribution in [-0.4, -0.2) is 24.4 Å². The molecule has 0 aromatic carbocycles. The van der Waals surface area contributed by atoms with Crippen molar-refractivity contribution in [3.63, 3.8) is 0 Å². The van der Waals surface area contributed by atoms with Crippen LogP contribution in [0.5, 0.6) is 0 Å². The Hall–Kier alpha value is -2.44. The Labute approximate surface area is 113 Å². The molecule has 4 nitrogen and oxygen atoms in total. The molecule has 0 N–H and O–H groups in total. The van der Waals surface area contributed by atoms with Crippen LogP contribution in [0.3, 0.4) is 0 Å². The summed E-state index contributed by atoms with van der Waals surface area (Å²) in [5.41, 5.74) is -1.07. The minimum Gasteiger partial charge on any atom is -0.465 e. The van der Waals surface area contributed by atoms with Gasteiger partial charge < -0.3 is 9.15 Å². The van der Waals surface area contributed by atoms with Crippen molar-refractivity contribution in [3.8, 4) is 6.07 Å². The van der Waals surface area contributed by atoms with Gasteiger partial charge in [0.15, 0.2) is 0 Å². The fourth-order valence-corrected chi connectivity index (χ4v) is 1.14. The summed E-state index contributed by atoms with van der Waals surface area (Å²) < 4.78 is 81.3. The molecule has 0 amide bonds. The van der Waals surface area contributed by atoms with E-state index in [4.69, 9.17) is 5.26 Å². The highest BCUT2D eigenvalue weighted by atomic mass is 19.4. The standard InChI is InChI=1S/C11H5F6NO3/c12-10(13,14)9(11(15,16)17)21-8(19)6(5-18)4-7-2-1-3-20-7/h1-4,9H/b6-4-. The number of carbonyl (C=O) groups excluding carboxylic acids is 1. The summed E-state index contributed by atoms with van der Waals surface area (Å²) >= 11 is 0. The zero-order chi connectivity index (χ0) is 16.3. The maximum Gasteiger partial charge on any atom is 0.434 e. The van der Waals surface area contributed by atoms with Gasteiger partial charge in [0.05, 0.1) is 6.26 Å². The first-order valence-electron chi connectivity index (χ1n) is 5.05. The fourth-order valence-electron chi connectivity index (χ4n) is 1.14. The number of alkyl halides is 6. The van der Waals surface area contributed by atoms with E-state index in [1.165, 1.54) is 12.1 Å². The maximum absolute atomic E-state index is 12.2. The average molecular weight is 313 g/mol. The quantitative estimate of drug-likeness (QED) is 0.372.